The smallest absolute Gasteiger partial charge is 0.0684 e. The van der Waals surface area contributed by atoms with Crippen molar-refractivity contribution >= 4 is 0 Å². The Hall–Kier alpha value is -0.820. The molecular weight excluding hydrogens is 184 g/mol. The summed E-state index contributed by atoms with van der Waals surface area (Å²) < 4.78 is 0. The summed E-state index contributed by atoms with van der Waals surface area (Å²) in [6.07, 6.45) is 4.88. The van der Waals surface area contributed by atoms with Gasteiger partial charge in [-0.15, -0.1) is 0 Å². The highest BCUT2D eigenvalue weighted by molar-refractivity contribution is 5.29. The Labute approximate surface area is 93.1 Å². The first-order valence-electron chi connectivity index (χ1n) is 6.02. The van der Waals surface area contributed by atoms with Crippen molar-refractivity contribution in [3.63, 3.8) is 0 Å². The molecule has 0 aromatic heterocycles. The lowest BCUT2D eigenvalue weighted by atomic mass is 9.87. The second-order valence-corrected chi connectivity index (χ2v) is 4.13. The average Bonchev–Trinajstić information content (AvgIpc) is 2.29. The van der Waals surface area contributed by atoms with Gasteiger partial charge in [0.15, 0.2) is 0 Å². The molecule has 0 radical (unpaired) electrons. The molecule has 0 spiro atoms. The van der Waals surface area contributed by atoms with Crippen molar-refractivity contribution in [2.75, 3.05) is 0 Å². The Morgan fingerprint density at radius 1 is 1.07 bits per heavy atom. The zero-order chi connectivity index (χ0) is 11.1. The molecule has 1 heteroatoms. The van der Waals surface area contributed by atoms with Crippen LogP contribution in [0, 0.1) is 0 Å². The number of hydrogen-bond donors (Lipinski definition) is 1. The van der Waals surface area contributed by atoms with Gasteiger partial charge >= 0.3 is 0 Å². The largest absolute Gasteiger partial charge is 0.392 e. The summed E-state index contributed by atoms with van der Waals surface area (Å²) in [6, 6.07) is 8.28. The van der Waals surface area contributed by atoms with Gasteiger partial charge in [0.1, 0.15) is 0 Å². The quantitative estimate of drug-likeness (QED) is 0.749. The molecule has 0 aliphatic rings. The topological polar surface area (TPSA) is 20.2 Å². The summed E-state index contributed by atoms with van der Waals surface area (Å²) in [6.45, 7) is 4.62. The lowest BCUT2D eigenvalue weighted by molar-refractivity contribution is 0.279. The highest BCUT2D eigenvalue weighted by Crippen LogP contribution is 2.28. The fourth-order valence-corrected chi connectivity index (χ4v) is 2.23. The molecule has 1 N–H and O–H groups in total. The van der Waals surface area contributed by atoms with E-state index in [1.165, 1.54) is 31.2 Å². The van der Waals surface area contributed by atoms with Crippen molar-refractivity contribution in [1.82, 2.24) is 0 Å². The van der Waals surface area contributed by atoms with E-state index in [-0.39, 0.29) is 6.61 Å². The van der Waals surface area contributed by atoms with Gasteiger partial charge in [-0.1, -0.05) is 51.0 Å². The van der Waals surface area contributed by atoms with E-state index in [4.69, 9.17) is 0 Å². The van der Waals surface area contributed by atoms with Gasteiger partial charge in [0.2, 0.25) is 0 Å². The lowest BCUT2D eigenvalue weighted by Gasteiger charge is -2.18. The summed E-state index contributed by atoms with van der Waals surface area (Å²) in [4.78, 5) is 0. The third-order valence-electron chi connectivity index (χ3n) is 2.94. The van der Waals surface area contributed by atoms with Crippen LogP contribution < -0.4 is 0 Å². The van der Waals surface area contributed by atoms with Crippen LogP contribution in [0.3, 0.4) is 0 Å². The van der Waals surface area contributed by atoms with Gasteiger partial charge in [-0.25, -0.2) is 0 Å². The monoisotopic (exact) mass is 206 g/mol. The second kappa shape index (κ2) is 6.62. The highest BCUT2D eigenvalue weighted by Gasteiger charge is 2.12. The molecule has 1 rings (SSSR count). The first kappa shape index (κ1) is 12.3. The molecule has 0 amide bonds. The molecule has 1 nitrogen and oxygen atoms in total. The van der Waals surface area contributed by atoms with Crippen molar-refractivity contribution in [3.05, 3.63) is 35.4 Å². The Kier molecular flexibility index (Phi) is 5.41. The van der Waals surface area contributed by atoms with Crippen molar-refractivity contribution in [2.45, 2.75) is 52.1 Å². The minimum atomic E-state index is 0.167. The number of aliphatic hydroxyl groups is 1. The number of rotatable bonds is 6. The van der Waals surface area contributed by atoms with Gasteiger partial charge in [-0.2, -0.15) is 0 Å². The maximum absolute atomic E-state index is 9.30. The van der Waals surface area contributed by atoms with Gasteiger partial charge < -0.3 is 5.11 Å². The molecule has 0 heterocycles. The summed E-state index contributed by atoms with van der Waals surface area (Å²) in [5.74, 6) is 0.628. The van der Waals surface area contributed by atoms with Crippen LogP contribution in [-0.2, 0) is 6.61 Å². The van der Waals surface area contributed by atoms with Crippen LogP contribution in [0.2, 0.25) is 0 Å². The third kappa shape index (κ3) is 3.35. The Morgan fingerprint density at radius 3 is 2.20 bits per heavy atom. The van der Waals surface area contributed by atoms with E-state index in [9.17, 15) is 5.11 Å². The standard InChI is InChI=1S/C14H22O/c1-3-7-12(8-4-2)14-10-6-5-9-13(14)11-15/h5-6,9-10,12,15H,3-4,7-8,11H2,1-2H3. The molecule has 0 aliphatic carbocycles. The SMILES string of the molecule is CCCC(CCC)c1ccccc1CO. The Bertz CT molecular complexity index is 274. The second-order valence-electron chi connectivity index (χ2n) is 4.13. The van der Waals surface area contributed by atoms with E-state index < -0.39 is 0 Å². The molecule has 0 aliphatic heterocycles. The van der Waals surface area contributed by atoms with Crippen molar-refractivity contribution in [2.24, 2.45) is 0 Å². The van der Waals surface area contributed by atoms with Crippen LogP contribution in [0.5, 0.6) is 0 Å². The van der Waals surface area contributed by atoms with Gasteiger partial charge in [-0.3, -0.25) is 0 Å². The first-order valence-corrected chi connectivity index (χ1v) is 6.02. The van der Waals surface area contributed by atoms with E-state index in [1.807, 2.05) is 12.1 Å². The fraction of sp³-hybridized carbons (Fsp3) is 0.571. The van der Waals surface area contributed by atoms with E-state index >= 15 is 0 Å². The molecule has 0 unspecified atom stereocenters. The summed E-state index contributed by atoms with van der Waals surface area (Å²) in [5, 5.41) is 9.30. The molecule has 15 heavy (non-hydrogen) atoms. The zero-order valence-corrected chi connectivity index (χ0v) is 9.87. The maximum Gasteiger partial charge on any atom is 0.0684 e. The maximum atomic E-state index is 9.30. The first-order chi connectivity index (χ1) is 7.33. The average molecular weight is 206 g/mol. The normalized spacial score (nSPS) is 10.9. The molecular formula is C14H22O. The molecule has 84 valence electrons. The van der Waals surface area contributed by atoms with Crippen molar-refractivity contribution in [1.29, 1.82) is 0 Å². The van der Waals surface area contributed by atoms with Crippen LogP contribution in [-0.4, -0.2) is 5.11 Å². The predicted molar refractivity (Wildman–Crippen MR) is 64.9 cm³/mol. The number of aliphatic hydroxyl groups excluding tert-OH is 1. The van der Waals surface area contributed by atoms with Gasteiger partial charge in [-0.05, 0) is 29.9 Å². The van der Waals surface area contributed by atoms with E-state index in [1.54, 1.807) is 0 Å². The molecule has 0 atom stereocenters. The van der Waals surface area contributed by atoms with Crippen LogP contribution in [0.4, 0.5) is 0 Å². The molecule has 0 saturated carbocycles. The minimum Gasteiger partial charge on any atom is -0.392 e. The van der Waals surface area contributed by atoms with Gasteiger partial charge in [0.05, 0.1) is 6.61 Å². The van der Waals surface area contributed by atoms with E-state index in [0.717, 1.165) is 5.56 Å². The summed E-state index contributed by atoms with van der Waals surface area (Å²) in [7, 11) is 0. The van der Waals surface area contributed by atoms with Gasteiger partial charge in [0.25, 0.3) is 0 Å². The summed E-state index contributed by atoms with van der Waals surface area (Å²) >= 11 is 0. The number of hydrogen-bond acceptors (Lipinski definition) is 1. The predicted octanol–water partition coefficient (Wildman–Crippen LogP) is 3.86. The third-order valence-corrected chi connectivity index (χ3v) is 2.94. The fourth-order valence-electron chi connectivity index (χ4n) is 2.23. The molecule has 0 bridgehead atoms. The van der Waals surface area contributed by atoms with Crippen LogP contribution >= 0.6 is 0 Å². The Morgan fingerprint density at radius 2 is 1.67 bits per heavy atom. The molecule has 0 fully saturated rings. The van der Waals surface area contributed by atoms with Gasteiger partial charge in [0, 0.05) is 0 Å². The molecule has 1 aromatic carbocycles. The zero-order valence-electron chi connectivity index (χ0n) is 9.87. The van der Waals surface area contributed by atoms with Crippen LogP contribution in [0.1, 0.15) is 56.6 Å². The Balaban J connectivity index is 2.88. The lowest BCUT2D eigenvalue weighted by Crippen LogP contribution is -2.02. The van der Waals surface area contributed by atoms with E-state index in [2.05, 4.69) is 26.0 Å². The van der Waals surface area contributed by atoms with E-state index in [0.29, 0.717) is 5.92 Å². The molecule has 0 saturated heterocycles. The van der Waals surface area contributed by atoms with Crippen molar-refractivity contribution < 1.29 is 5.11 Å². The molecule has 1 aromatic rings. The van der Waals surface area contributed by atoms with Crippen molar-refractivity contribution in [3.8, 4) is 0 Å². The number of benzene rings is 1. The van der Waals surface area contributed by atoms with Crippen LogP contribution in [0.15, 0.2) is 24.3 Å². The minimum absolute atomic E-state index is 0.167. The van der Waals surface area contributed by atoms with Crippen LogP contribution in [0.25, 0.3) is 0 Å². The highest BCUT2D eigenvalue weighted by atomic mass is 16.3. The summed E-state index contributed by atoms with van der Waals surface area (Å²) in [5.41, 5.74) is 2.45.